The molecule has 4 aromatic rings. The molecule has 0 aromatic heterocycles. The molecule has 0 atom stereocenters. The highest BCUT2D eigenvalue weighted by Crippen LogP contribution is 2.44. The highest BCUT2D eigenvalue weighted by molar-refractivity contribution is 7.48. The number of benzene rings is 4. The van der Waals surface area contributed by atoms with Crippen LogP contribution in [0, 0.1) is 0 Å². The van der Waals surface area contributed by atoms with Crippen LogP contribution in [-0.2, 0) is 40.1 Å². The highest BCUT2D eigenvalue weighted by Gasteiger charge is 2.26. The van der Waals surface area contributed by atoms with Gasteiger partial charge in [0.15, 0.2) is 11.6 Å². The van der Waals surface area contributed by atoms with E-state index in [1.807, 2.05) is 48.5 Å². The third-order valence-corrected chi connectivity index (χ3v) is 8.05. The summed E-state index contributed by atoms with van der Waals surface area (Å²) < 4.78 is 23.4. The van der Waals surface area contributed by atoms with Gasteiger partial charge in [-0.2, -0.15) is 0 Å². The van der Waals surface area contributed by atoms with Gasteiger partial charge in [0, 0.05) is 50.9 Å². The molecule has 0 aliphatic carbocycles. The molecule has 47 heavy (non-hydrogen) atoms. The number of aryl methyl sites for hydroxylation is 2. The normalized spacial score (nSPS) is 11.0. The summed E-state index contributed by atoms with van der Waals surface area (Å²) in [6.45, 7) is 3.78. The van der Waals surface area contributed by atoms with Crippen LogP contribution in [0.2, 0.25) is 0 Å². The van der Waals surface area contributed by atoms with Gasteiger partial charge in [-0.3, -0.25) is 24.1 Å². The van der Waals surface area contributed by atoms with E-state index in [0.29, 0.717) is 37.1 Å². The smallest absolute Gasteiger partial charge is 0.395 e. The summed E-state index contributed by atoms with van der Waals surface area (Å²) in [6.07, 6.45) is 1.42. The lowest BCUT2D eigenvalue weighted by molar-refractivity contribution is -0.120. The second-order valence-corrected chi connectivity index (χ2v) is 12.3. The number of Topliss-reactive ketones (excluding diaryl/α,β-unsaturated/α-hetero) is 2. The average molecular weight is 657 g/mol. The largest absolute Gasteiger partial charge is 0.584 e. The SMILES string of the molecule is CC(=O)NCc1ccc(CCC(=O)c2cccc(OP(=O)(O)Oc3cccc(C(=O)CCc4ccc(CNC(C)=O)cc4)c3)c2)cc1. The minimum Gasteiger partial charge on any atom is -0.395 e. The predicted molar refractivity (Wildman–Crippen MR) is 177 cm³/mol. The van der Waals surface area contributed by atoms with E-state index < -0.39 is 7.82 Å². The van der Waals surface area contributed by atoms with Crippen LogP contribution in [0.15, 0.2) is 97.1 Å². The predicted octanol–water partition coefficient (Wildman–Crippen LogP) is 6.15. The summed E-state index contributed by atoms with van der Waals surface area (Å²) in [7, 11) is -4.67. The average Bonchev–Trinajstić information content (AvgIpc) is 3.04. The monoisotopic (exact) mass is 656 g/mol. The maximum absolute atomic E-state index is 12.9. The van der Waals surface area contributed by atoms with Gasteiger partial charge in [0.25, 0.3) is 0 Å². The van der Waals surface area contributed by atoms with Crippen molar-refractivity contribution in [3.63, 3.8) is 0 Å². The van der Waals surface area contributed by atoms with E-state index in [1.54, 1.807) is 24.3 Å². The van der Waals surface area contributed by atoms with Gasteiger partial charge in [-0.15, -0.1) is 0 Å². The van der Waals surface area contributed by atoms with E-state index in [2.05, 4.69) is 10.6 Å². The maximum atomic E-state index is 12.9. The summed E-state index contributed by atoms with van der Waals surface area (Å²) in [6, 6.07) is 27.2. The van der Waals surface area contributed by atoms with E-state index >= 15 is 0 Å². The van der Waals surface area contributed by atoms with Gasteiger partial charge in [0.2, 0.25) is 11.8 Å². The zero-order valence-corrected chi connectivity index (χ0v) is 27.1. The van der Waals surface area contributed by atoms with Crippen molar-refractivity contribution < 1.29 is 37.7 Å². The molecule has 11 heteroatoms. The molecule has 0 bridgehead atoms. The molecule has 4 rings (SSSR count). The molecule has 0 heterocycles. The molecule has 0 fully saturated rings. The Kier molecular flexibility index (Phi) is 12.2. The van der Waals surface area contributed by atoms with E-state index in [-0.39, 0.29) is 47.7 Å². The minimum atomic E-state index is -4.67. The number of rotatable bonds is 16. The van der Waals surface area contributed by atoms with E-state index in [1.165, 1.54) is 38.1 Å². The van der Waals surface area contributed by atoms with Crippen LogP contribution in [0.5, 0.6) is 11.5 Å². The van der Waals surface area contributed by atoms with Crippen molar-refractivity contribution in [2.45, 2.75) is 52.6 Å². The van der Waals surface area contributed by atoms with Gasteiger partial charge in [-0.25, -0.2) is 4.57 Å². The minimum absolute atomic E-state index is 0.0145. The summed E-state index contributed by atoms with van der Waals surface area (Å²) in [4.78, 5) is 58.4. The molecule has 0 aliphatic heterocycles. The molecule has 10 nitrogen and oxygen atoms in total. The molecule has 0 unspecified atom stereocenters. The van der Waals surface area contributed by atoms with Crippen molar-refractivity contribution >= 4 is 31.2 Å². The lowest BCUT2D eigenvalue weighted by Crippen LogP contribution is -2.18. The van der Waals surface area contributed by atoms with E-state index in [0.717, 1.165) is 22.3 Å². The Bertz CT molecular complexity index is 1640. The first-order valence-corrected chi connectivity index (χ1v) is 16.6. The molecule has 0 saturated carbocycles. The van der Waals surface area contributed by atoms with Gasteiger partial charge in [-0.05, 0) is 59.4 Å². The Morgan fingerprint density at radius 3 is 1.32 bits per heavy atom. The molecule has 2 amide bonds. The first-order valence-electron chi connectivity index (χ1n) is 15.1. The van der Waals surface area contributed by atoms with Crippen LogP contribution in [0.4, 0.5) is 0 Å². The number of phosphoric ester groups is 1. The number of carbonyl (C=O) groups excluding carboxylic acids is 4. The number of amides is 2. The number of carbonyl (C=O) groups is 4. The van der Waals surface area contributed by atoms with Gasteiger partial charge in [0.05, 0.1) is 0 Å². The number of hydrogen-bond donors (Lipinski definition) is 3. The molecule has 3 N–H and O–H groups in total. The van der Waals surface area contributed by atoms with E-state index in [9.17, 15) is 28.6 Å². The third kappa shape index (κ3) is 11.7. The fourth-order valence-corrected chi connectivity index (χ4v) is 5.44. The van der Waals surface area contributed by atoms with Crippen LogP contribution >= 0.6 is 7.82 Å². The van der Waals surface area contributed by atoms with Crippen molar-refractivity contribution in [1.29, 1.82) is 0 Å². The number of nitrogens with one attached hydrogen (secondary N) is 2. The van der Waals surface area contributed by atoms with Gasteiger partial charge in [-0.1, -0.05) is 72.8 Å². The van der Waals surface area contributed by atoms with Crippen molar-refractivity contribution in [3.05, 3.63) is 130 Å². The Morgan fingerprint density at radius 1 is 0.596 bits per heavy atom. The highest BCUT2D eigenvalue weighted by atomic mass is 31.2. The van der Waals surface area contributed by atoms with Crippen LogP contribution in [0.25, 0.3) is 0 Å². The topological polar surface area (TPSA) is 148 Å². The van der Waals surface area contributed by atoms with Crippen molar-refractivity contribution in [2.24, 2.45) is 0 Å². The molecule has 244 valence electrons. The quantitative estimate of drug-likeness (QED) is 0.0961. The summed E-state index contributed by atoms with van der Waals surface area (Å²) >= 11 is 0. The molecule has 0 aliphatic rings. The summed E-state index contributed by atoms with van der Waals surface area (Å²) in [5.41, 5.74) is 4.46. The molecule has 0 radical (unpaired) electrons. The van der Waals surface area contributed by atoms with Crippen LogP contribution < -0.4 is 19.7 Å². The fraction of sp³-hybridized carbons (Fsp3) is 0.222. The Balaban J connectivity index is 1.29. The van der Waals surface area contributed by atoms with Gasteiger partial charge >= 0.3 is 7.82 Å². The Morgan fingerprint density at radius 2 is 0.957 bits per heavy atom. The number of ketones is 2. The lowest BCUT2D eigenvalue weighted by Gasteiger charge is -2.15. The van der Waals surface area contributed by atoms with Crippen molar-refractivity contribution in [1.82, 2.24) is 10.6 Å². The zero-order chi connectivity index (χ0) is 33.8. The molecule has 0 spiro atoms. The Labute approximate surface area is 273 Å². The summed E-state index contributed by atoms with van der Waals surface area (Å²) in [5, 5.41) is 5.48. The van der Waals surface area contributed by atoms with E-state index in [4.69, 9.17) is 9.05 Å². The van der Waals surface area contributed by atoms with Gasteiger partial charge in [0.1, 0.15) is 11.5 Å². The zero-order valence-electron chi connectivity index (χ0n) is 26.2. The first-order chi connectivity index (χ1) is 22.5. The standard InChI is InChI=1S/C36H37N2O8P/c1-25(39)37-23-29-13-9-27(10-14-29)17-19-35(41)31-5-3-7-33(21-31)45-47(43,44)46-34-8-4-6-32(22-34)36(42)20-18-28-11-15-30(16-12-28)24-38-26(2)40/h3-16,21-22H,17-20,23-24H2,1-2H3,(H,37,39)(H,38,40)(H,43,44). The van der Waals surface area contributed by atoms with Crippen LogP contribution in [-0.4, -0.2) is 28.3 Å². The third-order valence-electron chi connectivity index (χ3n) is 7.16. The molecule has 0 saturated heterocycles. The molecular weight excluding hydrogens is 619 g/mol. The van der Waals surface area contributed by atoms with Gasteiger partial charge < -0.3 is 19.7 Å². The van der Waals surface area contributed by atoms with Crippen LogP contribution in [0.1, 0.15) is 69.7 Å². The van der Waals surface area contributed by atoms with Crippen molar-refractivity contribution in [2.75, 3.05) is 0 Å². The lowest BCUT2D eigenvalue weighted by atomic mass is 10.0. The first kappa shape index (κ1) is 34.8. The fourth-order valence-electron chi connectivity index (χ4n) is 4.64. The second-order valence-electron chi connectivity index (χ2n) is 11.0. The molecular formula is C36H37N2O8P. The van der Waals surface area contributed by atoms with Crippen molar-refractivity contribution in [3.8, 4) is 11.5 Å². The number of phosphoric acid groups is 1. The summed E-state index contributed by atoms with van der Waals surface area (Å²) in [5.74, 6) is -0.580. The molecule has 4 aromatic carbocycles. The maximum Gasteiger partial charge on any atom is 0.584 e. The Hall–Kier alpha value is -5.05. The number of hydrogen-bond acceptors (Lipinski definition) is 7. The second kappa shape index (κ2) is 16.5. The van der Waals surface area contributed by atoms with Crippen LogP contribution in [0.3, 0.4) is 0 Å².